The number of nitrogens with zero attached hydrogens (tertiary/aromatic N) is 3. The molecule has 7 heteroatoms. The average molecular weight is 361 g/mol. The molecule has 0 aromatic heterocycles. The van der Waals surface area contributed by atoms with Gasteiger partial charge in [-0.25, -0.2) is 9.31 Å². The maximum absolute atomic E-state index is 6.01. The van der Waals surface area contributed by atoms with Crippen molar-refractivity contribution >= 4 is 11.9 Å². The molecule has 1 fully saturated rings. The van der Waals surface area contributed by atoms with E-state index in [0.29, 0.717) is 6.54 Å². The first-order valence-electron chi connectivity index (χ1n) is 9.33. The standard InChI is InChI=1S/C17H40N6S/c1-16(2,21(4)12-6-10-18)8-5-14-23-17(3,24-23)9-15-22(20)13-7-11-19/h5-15,18-20H2,1-4H3. The van der Waals surface area contributed by atoms with Gasteiger partial charge in [-0.3, -0.25) is 5.84 Å². The van der Waals surface area contributed by atoms with Crippen LogP contribution in [0.5, 0.6) is 0 Å². The van der Waals surface area contributed by atoms with E-state index in [0.717, 1.165) is 52.0 Å². The molecule has 0 aromatic rings. The number of nitrogens with two attached hydrogens (primary N) is 3. The van der Waals surface area contributed by atoms with E-state index in [9.17, 15) is 0 Å². The Balaban J connectivity index is 2.20. The van der Waals surface area contributed by atoms with Gasteiger partial charge in [0.25, 0.3) is 0 Å². The second kappa shape index (κ2) is 10.3. The van der Waals surface area contributed by atoms with Crippen molar-refractivity contribution in [2.45, 2.75) is 63.3 Å². The molecule has 1 aliphatic rings. The zero-order chi connectivity index (χ0) is 18.2. The van der Waals surface area contributed by atoms with E-state index in [1.165, 1.54) is 12.8 Å². The van der Waals surface area contributed by atoms with Crippen molar-refractivity contribution in [3.63, 3.8) is 0 Å². The summed E-state index contributed by atoms with van der Waals surface area (Å²) in [5.74, 6) is 6.01. The van der Waals surface area contributed by atoms with Crippen molar-refractivity contribution in [2.75, 3.05) is 46.3 Å². The molecule has 0 aliphatic carbocycles. The van der Waals surface area contributed by atoms with Gasteiger partial charge in [0.1, 0.15) is 0 Å². The van der Waals surface area contributed by atoms with Crippen LogP contribution in [0.1, 0.15) is 52.9 Å². The van der Waals surface area contributed by atoms with E-state index in [1.807, 2.05) is 17.0 Å². The van der Waals surface area contributed by atoms with Crippen molar-refractivity contribution in [3.8, 4) is 0 Å². The third kappa shape index (κ3) is 7.56. The second-order valence-electron chi connectivity index (χ2n) is 7.78. The van der Waals surface area contributed by atoms with Crippen LogP contribution in [0, 0.1) is 0 Å². The summed E-state index contributed by atoms with van der Waals surface area (Å²) in [6.45, 7) is 12.5. The molecule has 24 heavy (non-hydrogen) atoms. The molecule has 1 saturated heterocycles. The van der Waals surface area contributed by atoms with Crippen LogP contribution in [0.2, 0.25) is 0 Å². The lowest BCUT2D eigenvalue weighted by molar-refractivity contribution is 0.139. The predicted molar refractivity (Wildman–Crippen MR) is 106 cm³/mol. The highest BCUT2D eigenvalue weighted by Crippen LogP contribution is 2.53. The first-order chi connectivity index (χ1) is 11.2. The Hall–Kier alpha value is 0.110. The summed E-state index contributed by atoms with van der Waals surface area (Å²) in [7, 11) is 2.21. The third-order valence-corrected chi connectivity index (χ3v) is 6.65. The van der Waals surface area contributed by atoms with E-state index in [4.69, 9.17) is 17.3 Å². The van der Waals surface area contributed by atoms with Gasteiger partial charge in [-0.2, -0.15) is 0 Å². The van der Waals surface area contributed by atoms with E-state index in [1.54, 1.807) is 0 Å². The van der Waals surface area contributed by atoms with Gasteiger partial charge in [-0.1, -0.05) is 11.9 Å². The quantitative estimate of drug-likeness (QED) is 0.187. The van der Waals surface area contributed by atoms with Crippen molar-refractivity contribution in [1.82, 2.24) is 14.2 Å². The molecule has 1 aliphatic heterocycles. The number of rotatable bonds is 14. The van der Waals surface area contributed by atoms with E-state index in [2.05, 4.69) is 37.0 Å². The highest BCUT2D eigenvalue weighted by atomic mass is 32.2. The topological polar surface area (TPSA) is 87.5 Å². The summed E-state index contributed by atoms with van der Waals surface area (Å²) in [6.07, 6.45) is 5.58. The van der Waals surface area contributed by atoms with Crippen LogP contribution in [0.3, 0.4) is 0 Å². The molecular formula is C17H40N6S. The molecule has 2 atom stereocenters. The van der Waals surface area contributed by atoms with Gasteiger partial charge in [-0.05, 0) is 79.6 Å². The Labute approximate surface area is 153 Å². The molecule has 1 heterocycles. The van der Waals surface area contributed by atoms with Crippen molar-refractivity contribution in [1.29, 1.82) is 0 Å². The number of hydrogen-bond acceptors (Lipinski definition) is 7. The molecule has 6 N–H and O–H groups in total. The van der Waals surface area contributed by atoms with E-state index in [-0.39, 0.29) is 10.4 Å². The lowest BCUT2D eigenvalue weighted by Crippen LogP contribution is -2.42. The molecule has 0 aromatic carbocycles. The van der Waals surface area contributed by atoms with Gasteiger partial charge < -0.3 is 16.4 Å². The van der Waals surface area contributed by atoms with Crippen LogP contribution in [0.4, 0.5) is 0 Å². The minimum Gasteiger partial charge on any atom is -0.330 e. The maximum Gasteiger partial charge on any atom is 0.0896 e. The molecule has 0 spiro atoms. The number of hydrazine groups is 1. The van der Waals surface area contributed by atoms with Crippen LogP contribution in [0.15, 0.2) is 0 Å². The summed E-state index contributed by atoms with van der Waals surface area (Å²) in [5, 5.41) is 1.91. The van der Waals surface area contributed by atoms with Gasteiger partial charge in [-0.15, -0.1) is 0 Å². The van der Waals surface area contributed by atoms with Gasteiger partial charge in [0, 0.05) is 25.2 Å². The predicted octanol–water partition coefficient (Wildman–Crippen LogP) is 1.42. The molecule has 144 valence electrons. The Bertz CT molecular complexity index is 354. The van der Waals surface area contributed by atoms with Crippen molar-refractivity contribution in [2.24, 2.45) is 17.3 Å². The summed E-state index contributed by atoms with van der Waals surface area (Å²) < 4.78 is 2.51. The number of hydrogen-bond donors (Lipinski definition) is 3. The van der Waals surface area contributed by atoms with Crippen molar-refractivity contribution < 1.29 is 0 Å². The molecule has 0 saturated carbocycles. The highest BCUT2D eigenvalue weighted by Gasteiger charge is 2.48. The van der Waals surface area contributed by atoms with Crippen LogP contribution in [-0.4, -0.2) is 70.9 Å². The summed E-state index contributed by atoms with van der Waals surface area (Å²) in [4.78, 5) is 2.72. The van der Waals surface area contributed by atoms with Crippen LogP contribution >= 0.6 is 11.9 Å². The van der Waals surface area contributed by atoms with Gasteiger partial charge in [0.05, 0.1) is 4.87 Å². The van der Waals surface area contributed by atoms with Gasteiger partial charge in [0.15, 0.2) is 0 Å². The maximum atomic E-state index is 6.01. The first kappa shape index (κ1) is 22.2. The Kier molecular flexibility index (Phi) is 9.51. The monoisotopic (exact) mass is 360 g/mol. The minimum absolute atomic E-state index is 0.239. The SMILES string of the molecule is CN(CCCN)C(C)(C)CCCN1SC1(C)CCN(N)CCCN. The zero-order valence-corrected chi connectivity index (χ0v) is 17.1. The molecule has 0 radical (unpaired) electrons. The summed E-state index contributed by atoms with van der Waals surface area (Å²) in [5.41, 5.74) is 11.4. The fraction of sp³-hybridized carbons (Fsp3) is 1.00. The zero-order valence-electron chi connectivity index (χ0n) is 16.3. The molecular weight excluding hydrogens is 320 g/mol. The molecule has 2 unspecified atom stereocenters. The lowest BCUT2D eigenvalue weighted by Gasteiger charge is -2.36. The normalized spacial score (nSPS) is 24.1. The Morgan fingerprint density at radius 3 is 2.29 bits per heavy atom. The Morgan fingerprint density at radius 2 is 1.67 bits per heavy atom. The van der Waals surface area contributed by atoms with Crippen molar-refractivity contribution in [3.05, 3.63) is 0 Å². The molecule has 0 bridgehead atoms. The summed E-state index contributed by atoms with van der Waals surface area (Å²) >= 11 is 1.97. The fourth-order valence-corrected chi connectivity index (χ4v) is 3.92. The van der Waals surface area contributed by atoms with Crippen LogP contribution in [-0.2, 0) is 0 Å². The average Bonchev–Trinajstić information content (AvgIpc) is 3.18. The minimum atomic E-state index is 0.239. The van der Waals surface area contributed by atoms with E-state index < -0.39 is 0 Å². The molecule has 6 nitrogen and oxygen atoms in total. The first-order valence-corrected chi connectivity index (χ1v) is 10.1. The highest BCUT2D eigenvalue weighted by molar-refractivity contribution is 8.04. The summed E-state index contributed by atoms with van der Waals surface area (Å²) in [6, 6.07) is 0. The largest absolute Gasteiger partial charge is 0.330 e. The van der Waals surface area contributed by atoms with Crippen LogP contribution in [0.25, 0.3) is 0 Å². The molecule has 0 amide bonds. The third-order valence-electron chi connectivity index (χ3n) is 5.20. The second-order valence-corrected chi connectivity index (χ2v) is 9.28. The van der Waals surface area contributed by atoms with Gasteiger partial charge >= 0.3 is 0 Å². The lowest BCUT2D eigenvalue weighted by atomic mass is 9.96. The Morgan fingerprint density at radius 1 is 1.04 bits per heavy atom. The van der Waals surface area contributed by atoms with E-state index >= 15 is 0 Å². The van der Waals surface area contributed by atoms with Crippen LogP contribution < -0.4 is 17.3 Å². The van der Waals surface area contributed by atoms with Gasteiger partial charge in [0.2, 0.25) is 0 Å². The fourth-order valence-electron chi connectivity index (χ4n) is 2.90. The molecule has 1 rings (SSSR count). The smallest absolute Gasteiger partial charge is 0.0896 e.